The number of nitrogens with one attached hydrogen (secondary N) is 2. The van der Waals surface area contributed by atoms with Gasteiger partial charge < -0.3 is 15.5 Å². The van der Waals surface area contributed by atoms with E-state index in [9.17, 15) is 14.0 Å². The molecule has 6 nitrogen and oxygen atoms in total. The van der Waals surface area contributed by atoms with Gasteiger partial charge in [0.1, 0.15) is 5.82 Å². The smallest absolute Gasteiger partial charge is 0.229 e. The van der Waals surface area contributed by atoms with Gasteiger partial charge in [-0.1, -0.05) is 11.3 Å². The fourth-order valence-corrected chi connectivity index (χ4v) is 4.50. The molecule has 8 heteroatoms. The lowest BCUT2D eigenvalue weighted by Crippen LogP contribution is -2.40. The van der Waals surface area contributed by atoms with Gasteiger partial charge in [-0.2, -0.15) is 0 Å². The summed E-state index contributed by atoms with van der Waals surface area (Å²) in [6.07, 6.45) is 1.70. The van der Waals surface area contributed by atoms with E-state index in [1.165, 1.54) is 30.4 Å². The number of hydrogen-bond acceptors (Lipinski definition) is 5. The number of anilines is 3. The predicted octanol–water partition coefficient (Wildman–Crippen LogP) is 4.25. The normalized spacial score (nSPS) is 16.6. The van der Waals surface area contributed by atoms with Crippen LogP contribution in [0.3, 0.4) is 0 Å². The van der Waals surface area contributed by atoms with Crippen LogP contribution in [0.4, 0.5) is 20.9 Å². The summed E-state index contributed by atoms with van der Waals surface area (Å²) in [7, 11) is 0. The molecule has 1 aliphatic rings. The number of rotatable bonds is 4. The molecule has 1 saturated heterocycles. The Balaban J connectivity index is 1.42. The molecule has 1 aromatic heterocycles. The SMILES string of the molecule is CC(=O)Nc1ccc(NC(=O)C2CCCN(c3nc4ccc(F)cc4s3)C2)cc1. The number of carbonyl (C=O) groups excluding carboxylic acids is 2. The first-order valence-electron chi connectivity index (χ1n) is 9.47. The van der Waals surface area contributed by atoms with Crippen molar-refractivity contribution in [3.8, 4) is 0 Å². The minimum absolute atomic E-state index is 0.0332. The average molecular weight is 412 g/mol. The van der Waals surface area contributed by atoms with Crippen LogP contribution in [0.25, 0.3) is 10.2 Å². The number of thiazole rings is 1. The molecule has 3 aromatic rings. The maximum atomic E-state index is 13.4. The van der Waals surface area contributed by atoms with Gasteiger partial charge in [0.15, 0.2) is 5.13 Å². The molecule has 1 unspecified atom stereocenters. The van der Waals surface area contributed by atoms with Gasteiger partial charge in [0.2, 0.25) is 11.8 Å². The van der Waals surface area contributed by atoms with E-state index in [-0.39, 0.29) is 23.5 Å². The summed E-state index contributed by atoms with van der Waals surface area (Å²) in [6, 6.07) is 11.6. The first-order chi connectivity index (χ1) is 14.0. The van der Waals surface area contributed by atoms with Crippen molar-refractivity contribution in [3.63, 3.8) is 0 Å². The van der Waals surface area contributed by atoms with Crippen molar-refractivity contribution < 1.29 is 14.0 Å². The lowest BCUT2D eigenvalue weighted by molar-refractivity contribution is -0.120. The molecular formula is C21H21FN4O2S. The van der Waals surface area contributed by atoms with E-state index in [0.29, 0.717) is 17.9 Å². The second kappa shape index (κ2) is 8.16. The van der Waals surface area contributed by atoms with Crippen molar-refractivity contribution in [2.45, 2.75) is 19.8 Å². The fourth-order valence-electron chi connectivity index (χ4n) is 3.47. The van der Waals surface area contributed by atoms with Gasteiger partial charge in [-0.05, 0) is 55.3 Å². The summed E-state index contributed by atoms with van der Waals surface area (Å²) >= 11 is 1.45. The number of amides is 2. The fraction of sp³-hybridized carbons (Fsp3) is 0.286. The average Bonchev–Trinajstić information content (AvgIpc) is 3.12. The lowest BCUT2D eigenvalue weighted by Gasteiger charge is -2.31. The molecule has 0 aliphatic carbocycles. The van der Waals surface area contributed by atoms with E-state index in [0.717, 1.165) is 34.7 Å². The van der Waals surface area contributed by atoms with E-state index in [2.05, 4.69) is 20.5 Å². The standard InChI is InChI=1S/C21H21FN4O2S/c1-13(27)23-16-5-7-17(8-6-16)24-20(28)14-3-2-10-26(12-14)21-25-18-9-4-15(22)11-19(18)29-21/h4-9,11,14H,2-3,10,12H2,1H3,(H,23,27)(H,24,28). The third kappa shape index (κ3) is 4.54. The highest BCUT2D eigenvalue weighted by molar-refractivity contribution is 7.22. The number of fused-ring (bicyclic) bond motifs is 1. The third-order valence-corrected chi connectivity index (χ3v) is 5.95. The molecule has 150 valence electrons. The summed E-state index contributed by atoms with van der Waals surface area (Å²) in [5.41, 5.74) is 2.15. The van der Waals surface area contributed by atoms with Crippen molar-refractivity contribution in [3.05, 3.63) is 48.3 Å². The number of aromatic nitrogens is 1. The van der Waals surface area contributed by atoms with Gasteiger partial charge in [0, 0.05) is 31.4 Å². The Morgan fingerprint density at radius 1 is 1.14 bits per heavy atom. The molecule has 2 amide bonds. The maximum Gasteiger partial charge on any atom is 0.229 e. The van der Waals surface area contributed by atoms with Crippen LogP contribution in [0.5, 0.6) is 0 Å². The molecule has 2 heterocycles. The number of nitrogens with zero attached hydrogens (tertiary/aromatic N) is 2. The minimum Gasteiger partial charge on any atom is -0.347 e. The summed E-state index contributed by atoms with van der Waals surface area (Å²) in [4.78, 5) is 30.6. The second-order valence-electron chi connectivity index (χ2n) is 7.14. The van der Waals surface area contributed by atoms with Crippen molar-refractivity contribution in [1.29, 1.82) is 0 Å². The zero-order valence-electron chi connectivity index (χ0n) is 15.9. The van der Waals surface area contributed by atoms with Gasteiger partial charge in [-0.15, -0.1) is 0 Å². The molecule has 1 fully saturated rings. The van der Waals surface area contributed by atoms with Crippen LogP contribution >= 0.6 is 11.3 Å². The van der Waals surface area contributed by atoms with Gasteiger partial charge in [0.05, 0.1) is 16.1 Å². The monoisotopic (exact) mass is 412 g/mol. The van der Waals surface area contributed by atoms with E-state index >= 15 is 0 Å². The largest absolute Gasteiger partial charge is 0.347 e. The Kier molecular flexibility index (Phi) is 5.44. The third-order valence-electron chi connectivity index (χ3n) is 4.87. The van der Waals surface area contributed by atoms with E-state index in [1.54, 1.807) is 30.3 Å². The molecule has 0 bridgehead atoms. The molecule has 0 saturated carbocycles. The first kappa shape index (κ1) is 19.3. The van der Waals surface area contributed by atoms with Crippen LogP contribution < -0.4 is 15.5 Å². The number of halogens is 1. The number of hydrogen-bond donors (Lipinski definition) is 2. The van der Waals surface area contributed by atoms with Crippen LogP contribution in [0.1, 0.15) is 19.8 Å². The molecule has 1 atom stereocenters. The van der Waals surface area contributed by atoms with Crippen LogP contribution in [-0.4, -0.2) is 29.9 Å². The summed E-state index contributed by atoms with van der Waals surface area (Å²) in [6.45, 7) is 2.86. The molecule has 2 N–H and O–H groups in total. The van der Waals surface area contributed by atoms with Crippen molar-refractivity contribution in [1.82, 2.24) is 4.98 Å². The van der Waals surface area contributed by atoms with Crippen molar-refractivity contribution in [2.75, 3.05) is 28.6 Å². The number of benzene rings is 2. The predicted molar refractivity (Wildman–Crippen MR) is 114 cm³/mol. The highest BCUT2D eigenvalue weighted by atomic mass is 32.1. The van der Waals surface area contributed by atoms with Crippen LogP contribution in [0.2, 0.25) is 0 Å². The van der Waals surface area contributed by atoms with Gasteiger partial charge in [0.25, 0.3) is 0 Å². The molecule has 29 heavy (non-hydrogen) atoms. The second-order valence-corrected chi connectivity index (χ2v) is 8.15. The van der Waals surface area contributed by atoms with Crippen LogP contribution in [0, 0.1) is 11.7 Å². The minimum atomic E-state index is -0.270. The van der Waals surface area contributed by atoms with Gasteiger partial charge in [-0.3, -0.25) is 9.59 Å². The zero-order valence-corrected chi connectivity index (χ0v) is 16.8. The zero-order chi connectivity index (χ0) is 20.4. The lowest BCUT2D eigenvalue weighted by atomic mass is 9.97. The summed E-state index contributed by atoms with van der Waals surface area (Å²) in [5, 5.41) is 6.47. The molecule has 0 radical (unpaired) electrons. The summed E-state index contributed by atoms with van der Waals surface area (Å²) in [5.74, 6) is -0.591. The van der Waals surface area contributed by atoms with Gasteiger partial charge in [-0.25, -0.2) is 9.37 Å². The molecule has 0 spiro atoms. The maximum absolute atomic E-state index is 13.4. The first-order valence-corrected chi connectivity index (χ1v) is 10.3. The highest BCUT2D eigenvalue weighted by Crippen LogP contribution is 2.32. The van der Waals surface area contributed by atoms with Crippen LogP contribution in [-0.2, 0) is 9.59 Å². The van der Waals surface area contributed by atoms with Gasteiger partial charge >= 0.3 is 0 Å². The van der Waals surface area contributed by atoms with Crippen molar-refractivity contribution >= 4 is 49.9 Å². The molecular weight excluding hydrogens is 391 g/mol. The number of carbonyl (C=O) groups is 2. The van der Waals surface area contributed by atoms with E-state index in [4.69, 9.17) is 0 Å². The van der Waals surface area contributed by atoms with Crippen LogP contribution in [0.15, 0.2) is 42.5 Å². The molecule has 4 rings (SSSR count). The molecule has 2 aromatic carbocycles. The van der Waals surface area contributed by atoms with E-state index < -0.39 is 0 Å². The van der Waals surface area contributed by atoms with E-state index in [1.807, 2.05) is 0 Å². The molecule has 1 aliphatic heterocycles. The Hall–Kier alpha value is -3.00. The highest BCUT2D eigenvalue weighted by Gasteiger charge is 2.27. The Morgan fingerprint density at radius 2 is 1.86 bits per heavy atom. The Labute approximate surface area is 171 Å². The number of piperidine rings is 1. The topological polar surface area (TPSA) is 74.3 Å². The Morgan fingerprint density at radius 3 is 2.59 bits per heavy atom. The Bertz CT molecular complexity index is 1050. The van der Waals surface area contributed by atoms with Crippen molar-refractivity contribution in [2.24, 2.45) is 5.92 Å². The quantitative estimate of drug-likeness (QED) is 0.672. The summed E-state index contributed by atoms with van der Waals surface area (Å²) < 4.78 is 14.3.